The molecule has 0 saturated heterocycles. The van der Waals surface area contributed by atoms with Crippen LogP contribution in [0.2, 0.25) is 0 Å². The molecule has 0 aliphatic rings. The van der Waals surface area contributed by atoms with Crippen LogP contribution in [0.15, 0.2) is 38.3 Å². The van der Waals surface area contributed by atoms with Crippen LogP contribution < -0.4 is 11.2 Å². The van der Waals surface area contributed by atoms with E-state index in [9.17, 15) is 9.59 Å². The molecular weight excluding hydrogens is 334 g/mol. The molecule has 1 N–H and O–H groups in total. The minimum atomic E-state index is -0.367. The summed E-state index contributed by atoms with van der Waals surface area (Å²) in [6.07, 6.45) is 1.45. The van der Waals surface area contributed by atoms with Crippen molar-refractivity contribution in [3.05, 3.63) is 45.1 Å². The minimum absolute atomic E-state index is 0.291. The molecule has 3 heterocycles. The molecule has 1 aromatic carbocycles. The number of aryl methyl sites for hydroxylation is 1. The van der Waals surface area contributed by atoms with E-state index in [1.807, 2.05) is 38.1 Å². The van der Waals surface area contributed by atoms with Gasteiger partial charge in [-0.1, -0.05) is 26.0 Å². The quantitative estimate of drug-likeness (QED) is 0.594. The molecule has 4 aromatic rings. The fourth-order valence-corrected chi connectivity index (χ4v) is 3.09. The number of nitrogens with zero attached hydrogens (tertiary/aromatic N) is 4. The Labute approximate surface area is 148 Å². The number of rotatable bonds is 5. The number of imidazole rings is 1. The summed E-state index contributed by atoms with van der Waals surface area (Å²) in [5.74, 6) is 0.631. The smallest absolute Gasteiger partial charge is 0.332 e. The highest BCUT2D eigenvalue weighted by atomic mass is 16.3. The second-order valence-electron chi connectivity index (χ2n) is 6.16. The third kappa shape index (κ3) is 2.45. The average molecular weight is 353 g/mol. The van der Waals surface area contributed by atoms with Gasteiger partial charge in [-0.2, -0.15) is 0 Å². The van der Waals surface area contributed by atoms with E-state index in [4.69, 9.17) is 4.42 Å². The predicted octanol–water partition coefficient (Wildman–Crippen LogP) is 2.51. The van der Waals surface area contributed by atoms with E-state index in [0.29, 0.717) is 53.5 Å². The van der Waals surface area contributed by atoms with Gasteiger partial charge in [-0.3, -0.25) is 13.9 Å². The zero-order valence-corrected chi connectivity index (χ0v) is 14.7. The summed E-state index contributed by atoms with van der Waals surface area (Å²) in [7, 11) is 0. The second-order valence-corrected chi connectivity index (χ2v) is 6.16. The third-order valence-electron chi connectivity index (χ3n) is 4.25. The van der Waals surface area contributed by atoms with Crippen LogP contribution >= 0.6 is 0 Å². The van der Waals surface area contributed by atoms with Gasteiger partial charge < -0.3 is 9.40 Å². The van der Waals surface area contributed by atoms with Crippen LogP contribution in [0.4, 0.5) is 0 Å². The third-order valence-corrected chi connectivity index (χ3v) is 4.25. The van der Waals surface area contributed by atoms with Crippen molar-refractivity contribution in [2.45, 2.75) is 39.8 Å². The Hall–Kier alpha value is -3.16. The van der Waals surface area contributed by atoms with E-state index in [1.54, 1.807) is 0 Å². The lowest BCUT2D eigenvalue weighted by Gasteiger charge is -2.09. The van der Waals surface area contributed by atoms with E-state index >= 15 is 0 Å². The highest BCUT2D eigenvalue weighted by Crippen LogP contribution is 2.23. The number of hydrogen-bond donors (Lipinski definition) is 1. The molecular formula is C18H19N5O3. The average Bonchev–Trinajstić information content (AvgIpc) is 3.26. The van der Waals surface area contributed by atoms with Gasteiger partial charge in [-0.25, -0.2) is 14.8 Å². The first-order valence-electron chi connectivity index (χ1n) is 8.73. The summed E-state index contributed by atoms with van der Waals surface area (Å²) in [6.45, 7) is 4.75. The molecule has 0 aliphatic heterocycles. The molecule has 0 atom stereocenters. The first-order chi connectivity index (χ1) is 12.6. The minimum Gasteiger partial charge on any atom is -0.434 e. The van der Waals surface area contributed by atoms with Gasteiger partial charge in [0.15, 0.2) is 22.6 Å². The topological polar surface area (TPSA) is 98.7 Å². The summed E-state index contributed by atoms with van der Waals surface area (Å²) >= 11 is 0. The molecule has 0 spiro atoms. The predicted molar refractivity (Wildman–Crippen MR) is 98.2 cm³/mol. The van der Waals surface area contributed by atoms with E-state index in [1.165, 1.54) is 9.13 Å². The van der Waals surface area contributed by atoms with E-state index in [0.717, 1.165) is 6.42 Å². The van der Waals surface area contributed by atoms with Gasteiger partial charge >= 0.3 is 5.69 Å². The van der Waals surface area contributed by atoms with Crippen molar-refractivity contribution in [1.29, 1.82) is 0 Å². The Kier molecular flexibility index (Phi) is 3.95. The molecule has 0 unspecified atom stereocenters. The standard InChI is InChI=1S/C18H19N5O3/c1-3-9-22-15-13(17(24)23(10-4-2)18(22)25)20-14(21-15)16-19-11-7-5-6-8-12(11)26-16/h5-8H,3-4,9-10H2,1-2H3,(H,20,21). The van der Waals surface area contributed by atoms with Gasteiger partial charge in [-0.15, -0.1) is 0 Å². The second kappa shape index (κ2) is 6.29. The van der Waals surface area contributed by atoms with Crippen molar-refractivity contribution in [3.8, 4) is 11.7 Å². The first-order valence-corrected chi connectivity index (χ1v) is 8.73. The fraction of sp³-hybridized carbons (Fsp3) is 0.333. The van der Waals surface area contributed by atoms with Crippen LogP contribution in [0.5, 0.6) is 0 Å². The van der Waals surface area contributed by atoms with Crippen LogP contribution in [0.3, 0.4) is 0 Å². The highest BCUT2D eigenvalue weighted by molar-refractivity contribution is 5.78. The monoisotopic (exact) mass is 353 g/mol. The van der Waals surface area contributed by atoms with Crippen molar-refractivity contribution >= 4 is 22.3 Å². The lowest BCUT2D eigenvalue weighted by Crippen LogP contribution is -2.40. The first kappa shape index (κ1) is 16.3. The zero-order chi connectivity index (χ0) is 18.3. The van der Waals surface area contributed by atoms with E-state index in [-0.39, 0.29) is 11.2 Å². The van der Waals surface area contributed by atoms with Crippen LogP contribution in [0.25, 0.3) is 34.0 Å². The van der Waals surface area contributed by atoms with Gasteiger partial charge in [0.25, 0.3) is 11.4 Å². The van der Waals surface area contributed by atoms with Crippen molar-refractivity contribution in [2.75, 3.05) is 0 Å². The van der Waals surface area contributed by atoms with E-state index < -0.39 is 0 Å². The molecule has 8 nitrogen and oxygen atoms in total. The number of nitrogens with one attached hydrogen (secondary N) is 1. The van der Waals surface area contributed by atoms with Crippen LogP contribution in [-0.2, 0) is 13.1 Å². The number of aromatic nitrogens is 5. The summed E-state index contributed by atoms with van der Waals surface area (Å²) in [5.41, 5.74) is 1.28. The van der Waals surface area contributed by atoms with Crippen molar-refractivity contribution < 1.29 is 4.42 Å². The van der Waals surface area contributed by atoms with Crippen LogP contribution in [0.1, 0.15) is 26.7 Å². The van der Waals surface area contributed by atoms with Crippen LogP contribution in [-0.4, -0.2) is 24.1 Å². The lowest BCUT2D eigenvalue weighted by molar-refractivity contribution is 0.555. The summed E-state index contributed by atoms with van der Waals surface area (Å²) in [4.78, 5) is 37.3. The Morgan fingerprint density at radius 3 is 2.50 bits per heavy atom. The molecule has 0 aliphatic carbocycles. The summed E-state index contributed by atoms with van der Waals surface area (Å²) in [6, 6.07) is 7.38. The Bertz CT molecular complexity index is 1180. The number of aromatic amines is 1. The molecule has 0 amide bonds. The molecule has 0 radical (unpaired) electrons. The summed E-state index contributed by atoms with van der Waals surface area (Å²) < 4.78 is 8.52. The molecule has 3 aromatic heterocycles. The maximum atomic E-state index is 12.7. The molecule has 0 fully saturated rings. The number of oxazole rings is 1. The van der Waals surface area contributed by atoms with Gasteiger partial charge in [0, 0.05) is 13.1 Å². The Morgan fingerprint density at radius 1 is 1.04 bits per heavy atom. The number of H-pyrrole nitrogens is 1. The molecule has 0 saturated carbocycles. The van der Waals surface area contributed by atoms with Gasteiger partial charge in [0.1, 0.15) is 5.52 Å². The lowest BCUT2D eigenvalue weighted by atomic mass is 10.3. The van der Waals surface area contributed by atoms with Crippen molar-refractivity contribution in [2.24, 2.45) is 0 Å². The number of hydrogen-bond acceptors (Lipinski definition) is 5. The largest absolute Gasteiger partial charge is 0.434 e. The maximum absolute atomic E-state index is 12.7. The van der Waals surface area contributed by atoms with Gasteiger partial charge in [0.2, 0.25) is 0 Å². The van der Waals surface area contributed by atoms with Crippen LogP contribution in [0, 0.1) is 0 Å². The van der Waals surface area contributed by atoms with Crippen molar-refractivity contribution in [1.82, 2.24) is 24.1 Å². The molecule has 8 heteroatoms. The number of fused-ring (bicyclic) bond motifs is 2. The Morgan fingerprint density at radius 2 is 1.77 bits per heavy atom. The summed E-state index contributed by atoms with van der Waals surface area (Å²) in [5, 5.41) is 0. The highest BCUT2D eigenvalue weighted by Gasteiger charge is 2.19. The van der Waals surface area contributed by atoms with Crippen molar-refractivity contribution in [3.63, 3.8) is 0 Å². The molecule has 0 bridgehead atoms. The maximum Gasteiger partial charge on any atom is 0.332 e. The zero-order valence-electron chi connectivity index (χ0n) is 14.7. The normalized spacial score (nSPS) is 11.6. The number of para-hydroxylation sites is 2. The Balaban J connectivity index is 1.98. The molecule has 134 valence electrons. The fourth-order valence-electron chi connectivity index (χ4n) is 3.09. The van der Waals surface area contributed by atoms with Gasteiger partial charge in [-0.05, 0) is 25.0 Å². The van der Waals surface area contributed by atoms with Gasteiger partial charge in [0.05, 0.1) is 0 Å². The molecule has 4 rings (SSSR count). The SMILES string of the molecule is CCCn1c(=O)c2[nH]c(-c3nc4ccccc4o3)nc2n(CCC)c1=O. The van der Waals surface area contributed by atoms with E-state index in [2.05, 4.69) is 15.0 Å². The molecule has 26 heavy (non-hydrogen) atoms. The number of benzene rings is 1.